The number of para-hydroxylation sites is 1. The van der Waals surface area contributed by atoms with E-state index in [4.69, 9.17) is 23.4 Å². The van der Waals surface area contributed by atoms with Crippen molar-refractivity contribution in [3.63, 3.8) is 0 Å². The number of benzene rings is 4. The molecule has 0 aliphatic heterocycles. The molecule has 18 heteroatoms. The van der Waals surface area contributed by atoms with Crippen LogP contribution in [0.5, 0.6) is 0 Å². The summed E-state index contributed by atoms with van der Waals surface area (Å²) < 4.78 is 69.1. The van der Waals surface area contributed by atoms with Crippen LogP contribution in [0.25, 0.3) is 10.8 Å². The topological polar surface area (TPSA) is 199 Å². The van der Waals surface area contributed by atoms with Crippen molar-refractivity contribution in [1.82, 2.24) is 15.0 Å². The first-order valence-corrected chi connectivity index (χ1v) is 15.9. The predicted molar refractivity (Wildman–Crippen MR) is 166 cm³/mol. The van der Waals surface area contributed by atoms with Gasteiger partial charge in [0, 0.05) is 35.3 Å². The summed E-state index contributed by atoms with van der Waals surface area (Å²) in [6.07, 6.45) is 0. The Hall–Kier alpha value is -4.45. The lowest BCUT2D eigenvalue weighted by Crippen LogP contribution is -2.10. The first-order chi connectivity index (χ1) is 20.8. The van der Waals surface area contributed by atoms with Gasteiger partial charge in [0.05, 0.1) is 17.1 Å². The summed E-state index contributed by atoms with van der Waals surface area (Å²) in [5, 5.41) is 13.9. The summed E-state index contributed by atoms with van der Waals surface area (Å²) >= 11 is 12.6. The molecular weight excluding hydrogens is 655 g/mol. The van der Waals surface area contributed by atoms with Gasteiger partial charge in [0.1, 0.15) is 15.5 Å². The van der Waals surface area contributed by atoms with Crippen LogP contribution in [0, 0.1) is 0 Å². The molecule has 0 saturated heterocycles. The van der Waals surface area contributed by atoms with E-state index >= 15 is 0 Å². The Morgan fingerprint density at radius 1 is 0.795 bits per heavy atom. The molecule has 0 radical (unpaired) electrons. The zero-order chi connectivity index (χ0) is 31.6. The first-order valence-electron chi connectivity index (χ1n) is 12.3. The summed E-state index contributed by atoms with van der Waals surface area (Å²) in [5.74, 6) is 0.218. The molecule has 4 N–H and O–H groups in total. The van der Waals surface area contributed by atoms with Crippen LogP contribution in [-0.4, -0.2) is 47.9 Å². The van der Waals surface area contributed by atoms with Crippen molar-refractivity contribution in [1.29, 1.82) is 0 Å². The monoisotopic (exact) mass is 674 g/mol. The average Bonchev–Trinajstić information content (AvgIpc) is 2.98. The van der Waals surface area contributed by atoms with Gasteiger partial charge in [0.2, 0.25) is 11.2 Å². The normalized spacial score (nSPS) is 12.0. The lowest BCUT2D eigenvalue weighted by molar-refractivity contribution is 0.481. The van der Waals surface area contributed by atoms with Crippen LogP contribution in [0.2, 0.25) is 5.28 Å². The third-order valence-corrected chi connectivity index (χ3v) is 8.31. The molecule has 44 heavy (non-hydrogen) atoms. The van der Waals surface area contributed by atoms with Gasteiger partial charge in [-0.1, -0.05) is 30.3 Å². The lowest BCUT2D eigenvalue weighted by atomic mass is 10.1. The van der Waals surface area contributed by atoms with Crippen LogP contribution in [0.3, 0.4) is 0 Å². The Morgan fingerprint density at radius 3 is 2.20 bits per heavy atom. The summed E-state index contributed by atoms with van der Waals surface area (Å²) in [7, 11) is -7.99. The Kier molecular flexibility index (Phi) is 8.64. The fourth-order valence-corrected chi connectivity index (χ4v) is 5.84. The van der Waals surface area contributed by atoms with Gasteiger partial charge in [-0.2, -0.15) is 36.9 Å². The quantitative estimate of drug-likeness (QED) is 0.0736. The van der Waals surface area contributed by atoms with Crippen molar-refractivity contribution < 1.29 is 25.9 Å². The van der Waals surface area contributed by atoms with Crippen LogP contribution < -0.4 is 15.1 Å². The van der Waals surface area contributed by atoms with E-state index in [1.807, 2.05) is 18.2 Å². The van der Waals surface area contributed by atoms with Crippen molar-refractivity contribution in [2.75, 3.05) is 22.1 Å². The highest BCUT2D eigenvalue weighted by molar-refractivity contribution is 7.86. The van der Waals surface area contributed by atoms with E-state index in [2.05, 4.69) is 35.8 Å². The summed E-state index contributed by atoms with van der Waals surface area (Å²) in [5.41, 5.74) is 1.59. The van der Waals surface area contributed by atoms with E-state index in [9.17, 15) is 25.9 Å². The largest absolute Gasteiger partial charge is 0.357 e. The molecule has 0 unspecified atom stereocenters. The number of hydrogen-bond acceptors (Lipinski definition) is 12. The van der Waals surface area contributed by atoms with Crippen LogP contribution in [0.4, 0.5) is 40.3 Å². The molecule has 0 bridgehead atoms. The minimum atomic E-state index is -4.84. The molecule has 1 heterocycles. The van der Waals surface area contributed by atoms with Crippen LogP contribution in [0.1, 0.15) is 0 Å². The fourth-order valence-electron chi connectivity index (χ4n) is 4.08. The Labute approximate surface area is 261 Å². The van der Waals surface area contributed by atoms with Gasteiger partial charge < -0.3 is 10.6 Å². The molecule has 226 valence electrons. The van der Waals surface area contributed by atoms with Crippen LogP contribution >= 0.6 is 23.4 Å². The second-order valence-corrected chi connectivity index (χ2v) is 12.4. The van der Waals surface area contributed by atoms with Crippen LogP contribution in [0.15, 0.2) is 98.9 Å². The summed E-state index contributed by atoms with van der Waals surface area (Å²) in [6, 6.07) is 19.7. The van der Waals surface area contributed by atoms with Crippen LogP contribution in [-0.2, 0) is 20.2 Å². The number of hydrogen-bond donors (Lipinski definition) is 4. The number of nitrogens with zero attached hydrogens (tertiary/aromatic N) is 6. The highest BCUT2D eigenvalue weighted by Gasteiger charge is 2.21. The van der Waals surface area contributed by atoms with Crippen molar-refractivity contribution in [2.45, 2.75) is 9.79 Å². The number of fused-ring (bicyclic) bond motifs is 1. The van der Waals surface area contributed by atoms with Crippen molar-refractivity contribution >= 4 is 94.7 Å². The minimum absolute atomic E-state index is 0.0274. The molecule has 5 rings (SSSR count). The molecule has 4 aromatic carbocycles. The van der Waals surface area contributed by atoms with Crippen molar-refractivity contribution in [3.05, 3.63) is 84.1 Å². The van der Waals surface area contributed by atoms with E-state index in [1.165, 1.54) is 18.2 Å². The van der Waals surface area contributed by atoms with E-state index < -0.39 is 30.0 Å². The number of aromatic nitrogens is 3. The van der Waals surface area contributed by atoms with Crippen molar-refractivity contribution in [2.24, 2.45) is 10.2 Å². The molecule has 0 aliphatic rings. The maximum absolute atomic E-state index is 12.2. The number of anilines is 5. The number of azo groups is 1. The van der Waals surface area contributed by atoms with Gasteiger partial charge >= 0.3 is 0 Å². The SMILES string of the molecule is CNc1nc(Cl)nc(N(Cl)c2ccc(N=Nc3cc(S(=O)(=O)O)c4cccc(S(=O)(=O)O)c4c3)c(Nc3ccccc3)c2)n1. The molecular formula is C26H20Cl2N8O6S2. The summed E-state index contributed by atoms with van der Waals surface area (Å²) in [4.78, 5) is 11.0. The van der Waals surface area contributed by atoms with E-state index in [0.29, 0.717) is 17.1 Å². The van der Waals surface area contributed by atoms with E-state index in [0.717, 1.165) is 16.6 Å². The fraction of sp³-hybridized carbons (Fsp3) is 0.0385. The van der Waals surface area contributed by atoms with Gasteiger partial charge in [0.15, 0.2) is 0 Å². The zero-order valence-corrected chi connectivity index (χ0v) is 25.4. The molecule has 0 amide bonds. The molecule has 5 aromatic rings. The molecule has 0 atom stereocenters. The zero-order valence-electron chi connectivity index (χ0n) is 22.3. The average molecular weight is 676 g/mol. The highest BCUT2D eigenvalue weighted by atomic mass is 35.5. The van der Waals surface area contributed by atoms with Crippen molar-refractivity contribution in [3.8, 4) is 0 Å². The summed E-state index contributed by atoms with van der Waals surface area (Å²) in [6.45, 7) is 0. The lowest BCUT2D eigenvalue weighted by Gasteiger charge is -2.17. The van der Waals surface area contributed by atoms with Gasteiger partial charge in [0.25, 0.3) is 26.2 Å². The molecule has 0 saturated carbocycles. The number of halogens is 2. The molecule has 0 fully saturated rings. The first kappa shape index (κ1) is 31.0. The van der Waals surface area contributed by atoms with Gasteiger partial charge in [-0.15, -0.1) is 5.11 Å². The molecule has 0 aliphatic carbocycles. The van der Waals surface area contributed by atoms with Gasteiger partial charge in [-0.05, 0) is 60.1 Å². The molecule has 0 spiro atoms. The van der Waals surface area contributed by atoms with E-state index in [-0.39, 0.29) is 39.3 Å². The van der Waals surface area contributed by atoms with Gasteiger partial charge in [-0.3, -0.25) is 9.11 Å². The van der Waals surface area contributed by atoms with E-state index in [1.54, 1.807) is 37.4 Å². The Balaban J connectivity index is 1.62. The Morgan fingerprint density at radius 2 is 1.52 bits per heavy atom. The third-order valence-electron chi connectivity index (χ3n) is 5.99. The maximum Gasteiger partial charge on any atom is 0.295 e. The highest BCUT2D eigenvalue weighted by Crippen LogP contribution is 2.38. The maximum atomic E-state index is 12.2. The number of rotatable bonds is 9. The minimum Gasteiger partial charge on any atom is -0.357 e. The van der Waals surface area contributed by atoms with Gasteiger partial charge in [-0.25, -0.2) is 4.42 Å². The second-order valence-electron chi connectivity index (χ2n) is 8.90. The Bertz CT molecular complexity index is 2140. The predicted octanol–water partition coefficient (Wildman–Crippen LogP) is 6.66. The smallest absolute Gasteiger partial charge is 0.295 e. The number of nitrogens with one attached hydrogen (secondary N) is 2. The second kappa shape index (κ2) is 12.3. The molecule has 14 nitrogen and oxygen atoms in total. The molecule has 1 aromatic heterocycles. The third kappa shape index (κ3) is 6.85. The standard InChI is InChI=1S/C26H20Cl2N8O6S2/c1-29-25-31-24(27)32-26(33-25)36(28)17-10-11-20(21(14-17)30-15-6-3-2-4-7-15)35-34-16-12-19-18(23(13-16)44(40,41)42)8-5-9-22(19)43(37,38)39/h2-14,30H,1H3,(H,37,38,39)(H,40,41,42)(H,29,31,32,33).